The number of phenols is 1. The minimum atomic E-state index is 0.475. The van der Waals surface area contributed by atoms with Crippen molar-refractivity contribution in [3.05, 3.63) is 39.9 Å². The summed E-state index contributed by atoms with van der Waals surface area (Å²) in [5.74, 6) is 0.475. The number of phenolic OH excluding ortho intramolecular Hbond substituents is 1. The topological polar surface area (TPSA) is 20.2 Å². The summed E-state index contributed by atoms with van der Waals surface area (Å²) in [4.78, 5) is 0. The number of benzene rings is 2. The van der Waals surface area contributed by atoms with Gasteiger partial charge in [-0.25, -0.2) is 0 Å². The van der Waals surface area contributed by atoms with Crippen molar-refractivity contribution in [2.45, 2.75) is 40.0 Å². The molecule has 0 atom stereocenters. The number of thiophene rings is 1. The van der Waals surface area contributed by atoms with Gasteiger partial charge in [0.05, 0.1) is 0 Å². The first kappa shape index (κ1) is 14.7. The Balaban J connectivity index is 2.51. The molecule has 0 spiro atoms. The predicted molar refractivity (Wildman–Crippen MR) is 94.1 cm³/mol. The highest BCUT2D eigenvalue weighted by atomic mass is 35.5. The monoisotopic (exact) mass is 318 g/mol. The molecule has 21 heavy (non-hydrogen) atoms. The molecule has 3 aromatic rings. The van der Waals surface area contributed by atoms with Crippen molar-refractivity contribution < 1.29 is 5.11 Å². The molecule has 1 heterocycles. The van der Waals surface area contributed by atoms with Crippen molar-refractivity contribution in [1.29, 1.82) is 0 Å². The van der Waals surface area contributed by atoms with Gasteiger partial charge in [0.2, 0.25) is 0 Å². The molecule has 0 aliphatic rings. The first-order chi connectivity index (χ1) is 10.1. The molecule has 1 aromatic heterocycles. The molecule has 0 fully saturated rings. The second kappa shape index (κ2) is 5.51. The first-order valence-corrected chi connectivity index (χ1v) is 8.69. The highest BCUT2D eigenvalue weighted by Gasteiger charge is 2.17. The highest BCUT2D eigenvalue weighted by molar-refractivity contribution is 7.26. The lowest BCUT2D eigenvalue weighted by Crippen LogP contribution is -1.89. The summed E-state index contributed by atoms with van der Waals surface area (Å²) in [5, 5.41) is 13.8. The zero-order valence-electron chi connectivity index (χ0n) is 12.6. The number of rotatable bonds is 3. The average molecular weight is 319 g/mol. The van der Waals surface area contributed by atoms with Crippen LogP contribution in [0.2, 0.25) is 5.02 Å². The van der Waals surface area contributed by atoms with Gasteiger partial charge >= 0.3 is 0 Å². The van der Waals surface area contributed by atoms with E-state index >= 15 is 0 Å². The number of hydrogen-bond donors (Lipinski definition) is 1. The molecule has 0 aliphatic carbocycles. The fourth-order valence-electron chi connectivity index (χ4n) is 3.05. The molecule has 1 nitrogen and oxygen atoms in total. The average Bonchev–Trinajstić information content (AvgIpc) is 2.84. The molecule has 0 saturated heterocycles. The standard InChI is InChI=1S/C18H19ClOS/c1-4-10-9-14-13-7-8-15(19)11(5-2)17(13)21-18(14)12(6-3)16(10)20/h7-9,20H,4-6H2,1-3H3. The quantitative estimate of drug-likeness (QED) is 0.618. The van der Waals surface area contributed by atoms with Crippen molar-refractivity contribution in [2.24, 2.45) is 0 Å². The van der Waals surface area contributed by atoms with Gasteiger partial charge in [-0.1, -0.05) is 38.4 Å². The number of fused-ring (bicyclic) bond motifs is 3. The van der Waals surface area contributed by atoms with Gasteiger partial charge in [0.15, 0.2) is 0 Å². The van der Waals surface area contributed by atoms with Gasteiger partial charge in [-0.15, -0.1) is 11.3 Å². The maximum Gasteiger partial charge on any atom is 0.123 e. The third-order valence-corrected chi connectivity index (χ3v) is 5.91. The molecular weight excluding hydrogens is 300 g/mol. The maximum atomic E-state index is 10.5. The zero-order chi connectivity index (χ0) is 15.1. The van der Waals surface area contributed by atoms with Crippen LogP contribution < -0.4 is 0 Å². The van der Waals surface area contributed by atoms with Gasteiger partial charge in [-0.3, -0.25) is 0 Å². The Kier molecular flexibility index (Phi) is 3.85. The minimum Gasteiger partial charge on any atom is -0.507 e. The molecule has 0 aliphatic heterocycles. The van der Waals surface area contributed by atoms with Crippen LogP contribution >= 0.6 is 22.9 Å². The van der Waals surface area contributed by atoms with Crippen LogP contribution in [0.4, 0.5) is 0 Å². The Morgan fingerprint density at radius 1 is 0.952 bits per heavy atom. The molecule has 3 rings (SSSR count). The molecule has 0 saturated carbocycles. The third kappa shape index (κ3) is 2.13. The van der Waals surface area contributed by atoms with Crippen LogP contribution in [0.1, 0.15) is 37.5 Å². The van der Waals surface area contributed by atoms with E-state index in [9.17, 15) is 5.11 Å². The van der Waals surface area contributed by atoms with Crippen molar-refractivity contribution in [3.63, 3.8) is 0 Å². The summed E-state index contributed by atoms with van der Waals surface area (Å²) in [5.41, 5.74) is 3.32. The van der Waals surface area contributed by atoms with E-state index in [0.717, 1.165) is 35.4 Å². The Hall–Kier alpha value is -1.25. The Labute approximate surface area is 134 Å². The van der Waals surface area contributed by atoms with Crippen LogP contribution in [0.5, 0.6) is 5.75 Å². The van der Waals surface area contributed by atoms with Crippen LogP contribution in [0.3, 0.4) is 0 Å². The number of hydrogen-bond acceptors (Lipinski definition) is 2. The molecule has 2 aromatic carbocycles. The van der Waals surface area contributed by atoms with Gasteiger partial charge in [0.25, 0.3) is 0 Å². The number of halogens is 1. The fraction of sp³-hybridized carbons (Fsp3) is 0.333. The molecule has 1 N–H and O–H groups in total. The third-order valence-electron chi connectivity index (χ3n) is 4.21. The Morgan fingerprint density at radius 3 is 2.24 bits per heavy atom. The molecule has 0 amide bonds. The van der Waals surface area contributed by atoms with E-state index in [-0.39, 0.29) is 0 Å². The highest BCUT2D eigenvalue weighted by Crippen LogP contribution is 2.44. The number of aryl methyl sites for hydroxylation is 3. The Morgan fingerprint density at radius 2 is 1.62 bits per heavy atom. The van der Waals surface area contributed by atoms with Gasteiger partial charge in [0, 0.05) is 30.8 Å². The lowest BCUT2D eigenvalue weighted by Gasteiger charge is -2.08. The van der Waals surface area contributed by atoms with Crippen LogP contribution in [0.25, 0.3) is 20.2 Å². The SMILES string of the molecule is CCc1cc2c(sc3c(CC)c(Cl)ccc32)c(CC)c1O. The van der Waals surface area contributed by atoms with Crippen LogP contribution in [0.15, 0.2) is 18.2 Å². The van der Waals surface area contributed by atoms with Gasteiger partial charge in [-0.2, -0.15) is 0 Å². The summed E-state index contributed by atoms with van der Waals surface area (Å²) in [7, 11) is 0. The van der Waals surface area contributed by atoms with E-state index < -0.39 is 0 Å². The summed E-state index contributed by atoms with van der Waals surface area (Å²) >= 11 is 8.12. The number of aromatic hydroxyl groups is 1. The van der Waals surface area contributed by atoms with E-state index in [2.05, 4.69) is 32.9 Å². The molecule has 0 bridgehead atoms. The van der Waals surface area contributed by atoms with Crippen molar-refractivity contribution >= 4 is 43.1 Å². The second-order valence-corrected chi connectivity index (χ2v) is 6.73. The summed E-state index contributed by atoms with van der Waals surface area (Å²) in [6.45, 7) is 6.33. The van der Waals surface area contributed by atoms with Crippen LogP contribution in [-0.4, -0.2) is 5.11 Å². The molecular formula is C18H19ClOS. The van der Waals surface area contributed by atoms with Crippen LogP contribution in [-0.2, 0) is 19.3 Å². The Bertz CT molecular complexity index is 832. The lowest BCUT2D eigenvalue weighted by atomic mass is 9.99. The molecule has 0 radical (unpaired) electrons. The zero-order valence-corrected chi connectivity index (χ0v) is 14.2. The van der Waals surface area contributed by atoms with Gasteiger partial charge < -0.3 is 5.11 Å². The van der Waals surface area contributed by atoms with Gasteiger partial charge in [0.1, 0.15) is 5.75 Å². The smallest absolute Gasteiger partial charge is 0.123 e. The molecule has 3 heteroatoms. The lowest BCUT2D eigenvalue weighted by molar-refractivity contribution is 0.464. The molecule has 0 unspecified atom stereocenters. The first-order valence-electron chi connectivity index (χ1n) is 7.49. The van der Waals surface area contributed by atoms with E-state index in [1.54, 1.807) is 11.3 Å². The fourth-order valence-corrected chi connectivity index (χ4v) is 4.91. The second-order valence-electron chi connectivity index (χ2n) is 5.30. The van der Waals surface area contributed by atoms with Gasteiger partial charge in [-0.05, 0) is 42.5 Å². The van der Waals surface area contributed by atoms with Crippen molar-refractivity contribution in [3.8, 4) is 5.75 Å². The summed E-state index contributed by atoms with van der Waals surface area (Å²) in [6, 6.07) is 6.26. The van der Waals surface area contributed by atoms with E-state index in [4.69, 9.17) is 11.6 Å². The van der Waals surface area contributed by atoms with E-state index in [1.807, 2.05) is 6.07 Å². The minimum absolute atomic E-state index is 0.475. The van der Waals surface area contributed by atoms with E-state index in [0.29, 0.717) is 5.75 Å². The normalized spacial score (nSPS) is 11.6. The maximum absolute atomic E-state index is 10.5. The van der Waals surface area contributed by atoms with Crippen molar-refractivity contribution in [1.82, 2.24) is 0 Å². The van der Waals surface area contributed by atoms with Crippen LogP contribution in [0, 0.1) is 0 Å². The predicted octanol–water partition coefficient (Wildman–Crippen LogP) is 6.10. The molecule has 110 valence electrons. The largest absolute Gasteiger partial charge is 0.507 e. The summed E-state index contributed by atoms with van der Waals surface area (Å²) < 4.78 is 2.47. The summed E-state index contributed by atoms with van der Waals surface area (Å²) in [6.07, 6.45) is 2.62. The van der Waals surface area contributed by atoms with E-state index in [1.165, 1.54) is 25.7 Å². The van der Waals surface area contributed by atoms with Crippen molar-refractivity contribution in [2.75, 3.05) is 0 Å².